The maximum absolute atomic E-state index is 17.2. The van der Waals surface area contributed by atoms with Crippen LogP contribution in [0.3, 0.4) is 0 Å². The van der Waals surface area contributed by atoms with E-state index in [0.29, 0.717) is 42.9 Å². The van der Waals surface area contributed by atoms with Gasteiger partial charge in [0.1, 0.15) is 40.2 Å². The summed E-state index contributed by atoms with van der Waals surface area (Å²) >= 11 is 0.932. The molecular formula is C32H31F2N7O3S. The quantitative estimate of drug-likeness (QED) is 0.297. The lowest BCUT2D eigenvalue weighted by atomic mass is 9.95. The molecule has 1 amide bonds. The van der Waals surface area contributed by atoms with E-state index in [1.54, 1.807) is 6.92 Å². The lowest BCUT2D eigenvalue weighted by Crippen LogP contribution is -2.66. The molecule has 5 unspecified atom stereocenters. The average molecular weight is 632 g/mol. The summed E-state index contributed by atoms with van der Waals surface area (Å²) in [7, 11) is 0. The molecule has 4 N–H and O–H groups in total. The van der Waals surface area contributed by atoms with Gasteiger partial charge in [0.15, 0.2) is 5.82 Å². The Bertz CT molecular complexity index is 1990. The van der Waals surface area contributed by atoms with Crippen LogP contribution in [-0.2, 0) is 4.74 Å². The van der Waals surface area contributed by atoms with Crippen LogP contribution in [0.4, 0.5) is 19.6 Å². The van der Waals surface area contributed by atoms with Crippen molar-refractivity contribution in [3.05, 3.63) is 40.6 Å². The molecule has 8 rings (SSSR count). The van der Waals surface area contributed by atoms with Crippen LogP contribution in [0.15, 0.2) is 12.1 Å². The van der Waals surface area contributed by atoms with Crippen molar-refractivity contribution >= 4 is 48.9 Å². The van der Waals surface area contributed by atoms with Crippen LogP contribution in [0, 0.1) is 29.9 Å². The SMILES string of the molecule is Cc1c(C(=O)NC2CCOC2)nc2c3c(nc(-c4ccc(F)c5sc(N)c(C#N)c45)c(F)c13)OC(C)C1C3CCC(C)(CN21)N3. The highest BCUT2D eigenvalue weighted by Gasteiger charge is 2.51. The standard InChI is InChI=1S/C32H31F2N7O3S/c1-13-20-22-29(38-24(13)30(42)37-15-7-9-43-11-15)41-12-32(3)8-6-19(40-32)26(41)14(2)44-31(22)39-25(23(20)34)16-4-5-18(33)27-21(16)17(10-35)28(36)45-27/h4-5,14-15,19,26,40H,6-9,11-12,36H2,1-3H3,(H,37,42). The Morgan fingerprint density at radius 2 is 2.09 bits per heavy atom. The smallest absolute Gasteiger partial charge is 0.270 e. The summed E-state index contributed by atoms with van der Waals surface area (Å²) in [6.45, 7) is 7.34. The molecule has 3 saturated heterocycles. The molecule has 0 spiro atoms. The zero-order valence-corrected chi connectivity index (χ0v) is 25.8. The summed E-state index contributed by atoms with van der Waals surface area (Å²) in [5.41, 5.74) is 6.50. The summed E-state index contributed by atoms with van der Waals surface area (Å²) in [4.78, 5) is 25.7. The molecule has 10 nitrogen and oxygen atoms in total. The number of benzene rings is 1. The van der Waals surface area contributed by atoms with E-state index in [0.717, 1.165) is 24.2 Å². The number of fused-ring (bicyclic) bond motifs is 6. The van der Waals surface area contributed by atoms with E-state index in [2.05, 4.69) is 28.5 Å². The minimum atomic E-state index is -0.714. The van der Waals surface area contributed by atoms with Crippen LogP contribution in [0.2, 0.25) is 0 Å². The predicted octanol–water partition coefficient (Wildman–Crippen LogP) is 4.55. The number of carbonyl (C=O) groups is 1. The highest BCUT2D eigenvalue weighted by atomic mass is 32.1. The summed E-state index contributed by atoms with van der Waals surface area (Å²) < 4.78 is 44.4. The number of aromatic nitrogens is 2. The third kappa shape index (κ3) is 4.12. The summed E-state index contributed by atoms with van der Waals surface area (Å²) in [5, 5.41) is 17.6. The van der Waals surface area contributed by atoms with E-state index in [9.17, 15) is 14.4 Å². The van der Waals surface area contributed by atoms with Gasteiger partial charge in [-0.1, -0.05) is 0 Å². The van der Waals surface area contributed by atoms with Crippen molar-refractivity contribution in [2.45, 2.75) is 69.8 Å². The van der Waals surface area contributed by atoms with Crippen molar-refractivity contribution in [1.82, 2.24) is 20.6 Å². The molecule has 4 aliphatic rings. The largest absolute Gasteiger partial charge is 0.472 e. The van der Waals surface area contributed by atoms with Gasteiger partial charge in [-0.15, -0.1) is 11.3 Å². The van der Waals surface area contributed by atoms with Gasteiger partial charge in [-0.3, -0.25) is 4.79 Å². The van der Waals surface area contributed by atoms with Crippen molar-refractivity contribution in [3.63, 3.8) is 0 Å². The summed E-state index contributed by atoms with van der Waals surface area (Å²) in [5.74, 6) is -1.08. The second-order valence-electron chi connectivity index (χ2n) is 12.8. The average Bonchev–Trinajstić information content (AvgIpc) is 3.70. The molecule has 0 aliphatic carbocycles. The maximum atomic E-state index is 17.2. The molecule has 232 valence electrons. The molecule has 13 heteroatoms. The van der Waals surface area contributed by atoms with Crippen LogP contribution < -0.4 is 26.0 Å². The first-order valence-corrected chi connectivity index (χ1v) is 15.9. The molecular weight excluding hydrogens is 600 g/mol. The minimum Gasteiger partial charge on any atom is -0.472 e. The number of piperazine rings is 1. The van der Waals surface area contributed by atoms with Crippen molar-refractivity contribution in [2.75, 3.05) is 30.4 Å². The molecule has 4 aliphatic heterocycles. The molecule has 2 bridgehead atoms. The zero-order valence-electron chi connectivity index (χ0n) is 25.0. The number of halogens is 2. The number of aryl methyl sites for hydroxylation is 1. The number of hydrogen-bond acceptors (Lipinski definition) is 10. The number of carbonyl (C=O) groups excluding carboxylic acids is 1. The van der Waals surface area contributed by atoms with Gasteiger partial charge in [-0.25, -0.2) is 18.7 Å². The monoisotopic (exact) mass is 631 g/mol. The summed E-state index contributed by atoms with van der Waals surface area (Å²) in [6, 6.07) is 4.44. The Morgan fingerprint density at radius 3 is 2.84 bits per heavy atom. The normalized spacial score (nSPS) is 26.9. The Hall–Kier alpha value is -4.12. The molecule has 45 heavy (non-hydrogen) atoms. The second kappa shape index (κ2) is 9.94. The number of nitrogens with one attached hydrogen (secondary N) is 2. The first-order valence-electron chi connectivity index (χ1n) is 15.1. The van der Waals surface area contributed by atoms with Crippen LogP contribution in [0.1, 0.15) is 54.7 Å². The molecule has 7 heterocycles. The fourth-order valence-electron chi connectivity index (χ4n) is 7.75. The van der Waals surface area contributed by atoms with Gasteiger partial charge in [-0.05, 0) is 57.7 Å². The molecule has 5 atom stereocenters. The van der Waals surface area contributed by atoms with Crippen LogP contribution in [0.5, 0.6) is 5.88 Å². The zero-order chi connectivity index (χ0) is 31.4. The van der Waals surface area contributed by atoms with Crippen molar-refractivity contribution in [3.8, 4) is 23.2 Å². The van der Waals surface area contributed by atoms with E-state index in [-0.39, 0.29) is 78.6 Å². The number of hydrogen-bond donors (Lipinski definition) is 3. The van der Waals surface area contributed by atoms with Crippen LogP contribution in [0.25, 0.3) is 32.1 Å². The number of amides is 1. The van der Waals surface area contributed by atoms with Crippen molar-refractivity contribution in [2.24, 2.45) is 0 Å². The van der Waals surface area contributed by atoms with E-state index in [1.807, 2.05) is 6.92 Å². The highest BCUT2D eigenvalue weighted by Crippen LogP contribution is 2.48. The number of pyridine rings is 2. The van der Waals surface area contributed by atoms with Gasteiger partial charge >= 0.3 is 0 Å². The number of rotatable bonds is 3. The molecule has 0 radical (unpaired) electrons. The van der Waals surface area contributed by atoms with Crippen LogP contribution >= 0.6 is 11.3 Å². The number of nitrogens with two attached hydrogens (primary N) is 1. The number of thiophene rings is 1. The highest BCUT2D eigenvalue weighted by molar-refractivity contribution is 7.23. The number of nitriles is 1. The van der Waals surface area contributed by atoms with Gasteiger partial charge in [0.2, 0.25) is 5.88 Å². The third-order valence-electron chi connectivity index (χ3n) is 9.82. The predicted molar refractivity (Wildman–Crippen MR) is 167 cm³/mol. The first kappa shape index (κ1) is 28.4. The fraction of sp³-hybridized carbons (Fsp3) is 0.438. The number of anilines is 2. The third-order valence-corrected chi connectivity index (χ3v) is 10.9. The first-order chi connectivity index (χ1) is 21.6. The van der Waals surface area contributed by atoms with Gasteiger partial charge in [0.25, 0.3) is 5.91 Å². The minimum absolute atomic E-state index is 0.0596. The summed E-state index contributed by atoms with van der Waals surface area (Å²) in [6.07, 6.45) is 2.20. The van der Waals surface area contributed by atoms with E-state index < -0.39 is 17.5 Å². The molecule has 1 aromatic carbocycles. The van der Waals surface area contributed by atoms with Gasteiger partial charge < -0.3 is 30.7 Å². The number of nitrogen functional groups attached to an aromatic ring is 1. The maximum Gasteiger partial charge on any atom is 0.270 e. The van der Waals surface area contributed by atoms with E-state index >= 15 is 4.39 Å². The molecule has 3 aromatic heterocycles. The lowest BCUT2D eigenvalue weighted by Gasteiger charge is -2.46. The lowest BCUT2D eigenvalue weighted by molar-refractivity contribution is 0.0924. The Labute approximate surface area is 261 Å². The fourth-order valence-corrected chi connectivity index (χ4v) is 8.69. The Kier molecular flexibility index (Phi) is 6.26. The molecule has 0 saturated carbocycles. The van der Waals surface area contributed by atoms with E-state index in [4.69, 9.17) is 25.2 Å². The second-order valence-corrected chi connectivity index (χ2v) is 13.9. The van der Waals surface area contributed by atoms with Crippen molar-refractivity contribution in [1.29, 1.82) is 5.26 Å². The van der Waals surface area contributed by atoms with Crippen LogP contribution in [-0.4, -0.2) is 65.4 Å². The Morgan fingerprint density at radius 1 is 1.27 bits per heavy atom. The van der Waals surface area contributed by atoms with Gasteiger partial charge in [0.05, 0.1) is 34.3 Å². The topological polar surface area (TPSA) is 138 Å². The van der Waals surface area contributed by atoms with Crippen molar-refractivity contribution < 1.29 is 23.0 Å². The molecule has 4 aromatic rings. The number of nitrogens with zero attached hydrogens (tertiary/aromatic N) is 4. The van der Waals surface area contributed by atoms with Gasteiger partial charge in [-0.2, -0.15) is 5.26 Å². The van der Waals surface area contributed by atoms with E-state index in [1.165, 1.54) is 12.1 Å². The number of ether oxygens (including phenoxy) is 2. The van der Waals surface area contributed by atoms with Gasteiger partial charge in [0, 0.05) is 41.1 Å². The Balaban J connectivity index is 1.43. The molecule has 3 fully saturated rings.